The van der Waals surface area contributed by atoms with Crippen LogP contribution in [0.15, 0.2) is 18.2 Å². The second kappa shape index (κ2) is 7.46. The number of amides is 1. The zero-order valence-corrected chi connectivity index (χ0v) is 13.2. The Labute approximate surface area is 127 Å². The SMILES string of the molecule is CCC1CCCN(CC(=O)Nc2cccc(N)c2C)CC1. The van der Waals surface area contributed by atoms with Gasteiger partial charge in [0.25, 0.3) is 0 Å². The molecular formula is C17H27N3O. The van der Waals surface area contributed by atoms with Gasteiger partial charge in [-0.15, -0.1) is 0 Å². The largest absolute Gasteiger partial charge is 0.398 e. The summed E-state index contributed by atoms with van der Waals surface area (Å²) in [6.45, 7) is 6.73. The lowest BCUT2D eigenvalue weighted by Crippen LogP contribution is -2.34. The molecule has 1 heterocycles. The minimum atomic E-state index is 0.0543. The number of benzene rings is 1. The van der Waals surface area contributed by atoms with Crippen LogP contribution in [0.4, 0.5) is 11.4 Å². The van der Waals surface area contributed by atoms with E-state index < -0.39 is 0 Å². The Hall–Kier alpha value is -1.55. The van der Waals surface area contributed by atoms with Gasteiger partial charge in [0.2, 0.25) is 5.91 Å². The third-order valence-corrected chi connectivity index (χ3v) is 4.53. The first-order valence-electron chi connectivity index (χ1n) is 7.97. The highest BCUT2D eigenvalue weighted by Crippen LogP contribution is 2.22. The summed E-state index contributed by atoms with van der Waals surface area (Å²) in [6, 6.07) is 5.62. The number of carbonyl (C=O) groups is 1. The number of nitrogens with one attached hydrogen (secondary N) is 1. The van der Waals surface area contributed by atoms with Gasteiger partial charge in [-0.1, -0.05) is 19.4 Å². The van der Waals surface area contributed by atoms with Gasteiger partial charge in [0, 0.05) is 11.4 Å². The van der Waals surface area contributed by atoms with Crippen LogP contribution >= 0.6 is 0 Å². The van der Waals surface area contributed by atoms with Gasteiger partial charge in [-0.25, -0.2) is 0 Å². The molecule has 1 fully saturated rings. The molecule has 4 heteroatoms. The Balaban J connectivity index is 1.88. The number of likely N-dealkylation sites (tertiary alicyclic amines) is 1. The Morgan fingerprint density at radius 1 is 1.38 bits per heavy atom. The fourth-order valence-corrected chi connectivity index (χ4v) is 2.97. The number of nitrogens with zero attached hydrogens (tertiary/aromatic N) is 1. The third-order valence-electron chi connectivity index (χ3n) is 4.53. The average Bonchev–Trinajstić information content (AvgIpc) is 2.69. The number of carbonyl (C=O) groups excluding carboxylic acids is 1. The highest BCUT2D eigenvalue weighted by molar-refractivity contribution is 5.93. The number of nitrogens with two attached hydrogens (primary N) is 1. The number of anilines is 2. The summed E-state index contributed by atoms with van der Waals surface area (Å²) < 4.78 is 0. The van der Waals surface area contributed by atoms with Crippen molar-refractivity contribution in [2.45, 2.75) is 39.5 Å². The van der Waals surface area contributed by atoms with E-state index in [-0.39, 0.29) is 5.91 Å². The van der Waals surface area contributed by atoms with Crippen molar-refractivity contribution in [2.24, 2.45) is 5.92 Å². The first kappa shape index (κ1) is 15.8. The molecule has 1 saturated heterocycles. The van der Waals surface area contributed by atoms with Gasteiger partial charge in [-0.3, -0.25) is 9.69 Å². The van der Waals surface area contributed by atoms with Crippen molar-refractivity contribution in [1.29, 1.82) is 0 Å². The van der Waals surface area contributed by atoms with Crippen molar-refractivity contribution in [2.75, 3.05) is 30.7 Å². The van der Waals surface area contributed by atoms with Crippen molar-refractivity contribution in [1.82, 2.24) is 4.90 Å². The predicted molar refractivity (Wildman–Crippen MR) is 88.3 cm³/mol. The molecule has 1 amide bonds. The molecule has 1 atom stereocenters. The molecule has 0 aromatic heterocycles. The standard InChI is InChI=1S/C17H27N3O/c1-3-14-6-5-10-20(11-9-14)12-17(21)19-16-8-4-7-15(18)13(16)2/h4,7-8,14H,3,5-6,9-12,18H2,1-2H3,(H,19,21). The highest BCUT2D eigenvalue weighted by atomic mass is 16.2. The maximum atomic E-state index is 12.2. The quantitative estimate of drug-likeness (QED) is 0.838. The Kier molecular flexibility index (Phi) is 5.62. The molecule has 2 rings (SSSR count). The molecule has 1 unspecified atom stereocenters. The second-order valence-electron chi connectivity index (χ2n) is 6.05. The lowest BCUT2D eigenvalue weighted by molar-refractivity contribution is -0.117. The topological polar surface area (TPSA) is 58.4 Å². The molecule has 4 nitrogen and oxygen atoms in total. The molecule has 3 N–H and O–H groups in total. The van der Waals surface area contributed by atoms with E-state index in [1.807, 2.05) is 25.1 Å². The second-order valence-corrected chi connectivity index (χ2v) is 6.05. The van der Waals surface area contributed by atoms with E-state index in [0.717, 1.165) is 30.3 Å². The monoisotopic (exact) mass is 289 g/mol. The van der Waals surface area contributed by atoms with Crippen molar-refractivity contribution in [3.05, 3.63) is 23.8 Å². The van der Waals surface area contributed by atoms with Crippen LogP contribution in [0.25, 0.3) is 0 Å². The number of hydrogen-bond donors (Lipinski definition) is 2. The van der Waals surface area contributed by atoms with Gasteiger partial charge in [0.1, 0.15) is 0 Å². The minimum absolute atomic E-state index is 0.0543. The van der Waals surface area contributed by atoms with Crippen molar-refractivity contribution >= 4 is 17.3 Å². The molecular weight excluding hydrogens is 262 g/mol. The molecule has 1 aromatic carbocycles. The molecule has 0 saturated carbocycles. The molecule has 21 heavy (non-hydrogen) atoms. The predicted octanol–water partition coefficient (Wildman–Crippen LogP) is 3.03. The fourth-order valence-electron chi connectivity index (χ4n) is 2.97. The molecule has 0 bridgehead atoms. The maximum absolute atomic E-state index is 12.2. The zero-order chi connectivity index (χ0) is 15.2. The van der Waals surface area contributed by atoms with E-state index in [4.69, 9.17) is 5.73 Å². The van der Waals surface area contributed by atoms with Gasteiger partial charge < -0.3 is 11.1 Å². The van der Waals surface area contributed by atoms with Gasteiger partial charge >= 0.3 is 0 Å². The Bertz CT molecular complexity index is 487. The molecule has 1 aliphatic heterocycles. The average molecular weight is 289 g/mol. The van der Waals surface area contributed by atoms with Gasteiger partial charge in [-0.05, 0) is 62.9 Å². The first-order valence-corrected chi connectivity index (χ1v) is 7.97. The summed E-state index contributed by atoms with van der Waals surface area (Å²) in [5.74, 6) is 0.882. The summed E-state index contributed by atoms with van der Waals surface area (Å²) in [4.78, 5) is 14.5. The normalized spacial score (nSPS) is 20.0. The van der Waals surface area contributed by atoms with E-state index in [1.54, 1.807) is 0 Å². The Morgan fingerprint density at radius 2 is 2.19 bits per heavy atom. The van der Waals surface area contributed by atoms with Crippen LogP contribution in [0.3, 0.4) is 0 Å². The van der Waals surface area contributed by atoms with Crippen molar-refractivity contribution in [3.63, 3.8) is 0 Å². The molecule has 0 spiro atoms. The maximum Gasteiger partial charge on any atom is 0.238 e. The van der Waals surface area contributed by atoms with Gasteiger partial charge in [0.15, 0.2) is 0 Å². The summed E-state index contributed by atoms with van der Waals surface area (Å²) in [6.07, 6.45) is 4.95. The van der Waals surface area contributed by atoms with Crippen LogP contribution in [-0.4, -0.2) is 30.4 Å². The van der Waals surface area contributed by atoms with Crippen LogP contribution in [0, 0.1) is 12.8 Å². The van der Waals surface area contributed by atoms with Crippen LogP contribution in [0.5, 0.6) is 0 Å². The summed E-state index contributed by atoms with van der Waals surface area (Å²) in [5.41, 5.74) is 8.34. The van der Waals surface area contributed by atoms with Crippen LogP contribution in [0.2, 0.25) is 0 Å². The van der Waals surface area contributed by atoms with E-state index >= 15 is 0 Å². The molecule has 0 radical (unpaired) electrons. The first-order chi connectivity index (χ1) is 10.1. The molecule has 1 aliphatic rings. The number of hydrogen-bond acceptors (Lipinski definition) is 3. The van der Waals surface area contributed by atoms with E-state index in [9.17, 15) is 4.79 Å². The fraction of sp³-hybridized carbons (Fsp3) is 0.588. The molecule has 0 aliphatic carbocycles. The smallest absolute Gasteiger partial charge is 0.238 e. The van der Waals surface area contributed by atoms with Crippen LogP contribution < -0.4 is 11.1 Å². The van der Waals surface area contributed by atoms with Gasteiger partial charge in [-0.2, -0.15) is 0 Å². The lowest BCUT2D eigenvalue weighted by atomic mass is 9.98. The Morgan fingerprint density at radius 3 is 2.95 bits per heavy atom. The zero-order valence-electron chi connectivity index (χ0n) is 13.2. The number of rotatable bonds is 4. The van der Waals surface area contributed by atoms with Crippen LogP contribution in [-0.2, 0) is 4.79 Å². The minimum Gasteiger partial charge on any atom is -0.398 e. The molecule has 116 valence electrons. The van der Waals surface area contributed by atoms with Crippen LogP contribution in [0.1, 0.15) is 38.2 Å². The van der Waals surface area contributed by atoms with Crippen molar-refractivity contribution in [3.8, 4) is 0 Å². The molecule has 1 aromatic rings. The lowest BCUT2D eigenvalue weighted by Gasteiger charge is -2.20. The van der Waals surface area contributed by atoms with E-state index in [0.29, 0.717) is 12.2 Å². The third kappa shape index (κ3) is 4.46. The van der Waals surface area contributed by atoms with Crippen molar-refractivity contribution < 1.29 is 4.79 Å². The van der Waals surface area contributed by atoms with E-state index in [2.05, 4.69) is 17.1 Å². The highest BCUT2D eigenvalue weighted by Gasteiger charge is 2.18. The summed E-state index contributed by atoms with van der Waals surface area (Å²) in [7, 11) is 0. The summed E-state index contributed by atoms with van der Waals surface area (Å²) in [5, 5.41) is 2.98. The number of nitrogen functional groups attached to an aromatic ring is 1. The van der Waals surface area contributed by atoms with Gasteiger partial charge in [0.05, 0.1) is 6.54 Å². The summed E-state index contributed by atoms with van der Waals surface area (Å²) >= 11 is 0. The van der Waals surface area contributed by atoms with E-state index in [1.165, 1.54) is 25.7 Å².